The zero-order valence-electron chi connectivity index (χ0n) is 10.6. The molecule has 3 nitrogen and oxygen atoms in total. The van der Waals surface area contributed by atoms with Crippen molar-refractivity contribution in [3.8, 4) is 0 Å². The number of aryl methyl sites for hydroxylation is 2. The molecule has 1 unspecified atom stereocenters. The van der Waals surface area contributed by atoms with Crippen LogP contribution in [0.25, 0.3) is 11.0 Å². The number of hydrogen-bond acceptors (Lipinski definition) is 3. The summed E-state index contributed by atoms with van der Waals surface area (Å²) < 4.78 is 2.10. The van der Waals surface area contributed by atoms with Gasteiger partial charge in [0, 0.05) is 13.1 Å². The first-order valence-corrected chi connectivity index (χ1v) is 7.20. The third kappa shape index (κ3) is 2.48. The van der Waals surface area contributed by atoms with Crippen molar-refractivity contribution in [3.05, 3.63) is 29.6 Å². The summed E-state index contributed by atoms with van der Waals surface area (Å²) >= 11 is 1.84. The molecule has 0 saturated carbocycles. The predicted molar refractivity (Wildman–Crippen MR) is 75.4 cm³/mol. The monoisotopic (exact) mass is 249 g/mol. The summed E-state index contributed by atoms with van der Waals surface area (Å²) in [4.78, 5) is 4.54. The van der Waals surface area contributed by atoms with E-state index in [0.717, 1.165) is 23.5 Å². The Bertz CT molecular complexity index is 519. The van der Waals surface area contributed by atoms with Crippen molar-refractivity contribution in [2.45, 2.75) is 19.4 Å². The normalized spacial score (nSPS) is 13.2. The summed E-state index contributed by atoms with van der Waals surface area (Å²) in [6.07, 6.45) is 3.12. The Balaban J connectivity index is 2.31. The van der Waals surface area contributed by atoms with Crippen molar-refractivity contribution < 1.29 is 0 Å². The molecule has 0 aliphatic carbocycles. The molecule has 0 radical (unpaired) electrons. The van der Waals surface area contributed by atoms with Gasteiger partial charge in [-0.2, -0.15) is 11.8 Å². The highest BCUT2D eigenvalue weighted by Crippen LogP contribution is 2.21. The van der Waals surface area contributed by atoms with Crippen LogP contribution < -0.4 is 5.73 Å². The van der Waals surface area contributed by atoms with E-state index >= 15 is 0 Å². The minimum Gasteiger partial charge on any atom is -0.331 e. The van der Waals surface area contributed by atoms with Gasteiger partial charge in [-0.1, -0.05) is 6.07 Å². The summed E-state index contributed by atoms with van der Waals surface area (Å²) in [6.45, 7) is 2.02. The number of thioether (sulfide) groups is 1. The molecule has 1 aromatic carbocycles. The van der Waals surface area contributed by atoms with Crippen LogP contribution in [0.1, 0.15) is 23.9 Å². The molecule has 92 valence electrons. The lowest BCUT2D eigenvalue weighted by Gasteiger charge is -2.11. The van der Waals surface area contributed by atoms with Crippen LogP contribution in [-0.2, 0) is 7.05 Å². The van der Waals surface area contributed by atoms with E-state index in [1.54, 1.807) is 0 Å². The number of fused-ring (bicyclic) bond motifs is 1. The lowest BCUT2D eigenvalue weighted by molar-refractivity contribution is 0.706. The van der Waals surface area contributed by atoms with Crippen LogP contribution in [0.15, 0.2) is 18.2 Å². The zero-order valence-corrected chi connectivity index (χ0v) is 11.4. The molecule has 0 amide bonds. The fourth-order valence-corrected chi connectivity index (χ4v) is 2.47. The Morgan fingerprint density at radius 1 is 1.47 bits per heavy atom. The van der Waals surface area contributed by atoms with Gasteiger partial charge in [0.25, 0.3) is 0 Å². The van der Waals surface area contributed by atoms with Gasteiger partial charge in [-0.05, 0) is 43.0 Å². The molecule has 2 aromatic rings. The number of rotatable bonds is 4. The molecule has 0 aliphatic heterocycles. The molecule has 2 rings (SSSR count). The second-order valence-electron chi connectivity index (χ2n) is 4.35. The summed E-state index contributed by atoms with van der Waals surface area (Å²) in [7, 11) is 2.04. The van der Waals surface area contributed by atoms with Crippen LogP contribution in [0.3, 0.4) is 0 Å². The second-order valence-corrected chi connectivity index (χ2v) is 5.34. The van der Waals surface area contributed by atoms with Gasteiger partial charge < -0.3 is 10.3 Å². The molecule has 0 saturated heterocycles. The number of aromatic nitrogens is 2. The number of hydrogen-bond donors (Lipinski definition) is 1. The van der Waals surface area contributed by atoms with Gasteiger partial charge in [0.15, 0.2) is 0 Å². The first kappa shape index (κ1) is 12.5. The van der Waals surface area contributed by atoms with Crippen molar-refractivity contribution in [1.29, 1.82) is 0 Å². The first-order chi connectivity index (χ1) is 8.13. The lowest BCUT2D eigenvalue weighted by Crippen LogP contribution is -2.11. The standard InChI is InChI=1S/C13H19N3S/c1-9-15-12-8-10(11(14)6-7-17-3)4-5-13(12)16(9)2/h4-5,8,11H,6-7,14H2,1-3H3. The molecule has 1 heterocycles. The van der Waals surface area contributed by atoms with Crippen LogP contribution in [0, 0.1) is 6.92 Å². The van der Waals surface area contributed by atoms with Gasteiger partial charge in [0.2, 0.25) is 0 Å². The molecule has 2 N–H and O–H groups in total. The minimum atomic E-state index is 0.120. The fraction of sp³-hybridized carbons (Fsp3) is 0.462. The Morgan fingerprint density at radius 2 is 2.24 bits per heavy atom. The van der Waals surface area contributed by atoms with Crippen LogP contribution in [-0.4, -0.2) is 21.6 Å². The van der Waals surface area contributed by atoms with E-state index < -0.39 is 0 Å². The largest absolute Gasteiger partial charge is 0.331 e. The Kier molecular flexibility index (Phi) is 3.74. The van der Waals surface area contributed by atoms with Gasteiger partial charge in [-0.15, -0.1) is 0 Å². The van der Waals surface area contributed by atoms with E-state index in [4.69, 9.17) is 5.73 Å². The Morgan fingerprint density at radius 3 is 2.94 bits per heavy atom. The summed E-state index contributed by atoms with van der Waals surface area (Å²) in [5.41, 5.74) is 9.57. The van der Waals surface area contributed by atoms with Crippen molar-refractivity contribution in [3.63, 3.8) is 0 Å². The van der Waals surface area contributed by atoms with Gasteiger partial charge in [0.1, 0.15) is 5.82 Å². The maximum Gasteiger partial charge on any atom is 0.106 e. The average molecular weight is 249 g/mol. The first-order valence-electron chi connectivity index (χ1n) is 5.81. The van der Waals surface area contributed by atoms with Crippen LogP contribution in [0.5, 0.6) is 0 Å². The number of nitrogens with two attached hydrogens (primary N) is 1. The zero-order chi connectivity index (χ0) is 12.4. The fourth-order valence-electron chi connectivity index (χ4n) is 1.98. The molecule has 17 heavy (non-hydrogen) atoms. The molecular formula is C13H19N3S. The molecule has 1 atom stereocenters. The van der Waals surface area contributed by atoms with Crippen molar-refractivity contribution in [2.75, 3.05) is 12.0 Å². The van der Waals surface area contributed by atoms with Gasteiger partial charge in [-0.25, -0.2) is 4.98 Å². The highest BCUT2D eigenvalue weighted by Gasteiger charge is 2.09. The smallest absolute Gasteiger partial charge is 0.106 e. The SMILES string of the molecule is CSCCC(N)c1ccc2c(c1)nc(C)n2C. The summed E-state index contributed by atoms with van der Waals surface area (Å²) in [6, 6.07) is 6.47. The maximum absolute atomic E-state index is 6.17. The summed E-state index contributed by atoms with van der Waals surface area (Å²) in [5, 5.41) is 0. The third-order valence-corrected chi connectivity index (χ3v) is 3.83. The highest BCUT2D eigenvalue weighted by molar-refractivity contribution is 7.98. The maximum atomic E-state index is 6.17. The second kappa shape index (κ2) is 5.10. The quantitative estimate of drug-likeness (QED) is 0.906. The highest BCUT2D eigenvalue weighted by atomic mass is 32.2. The molecule has 0 aliphatic rings. The number of imidazole rings is 1. The molecule has 0 fully saturated rings. The van der Waals surface area contributed by atoms with Crippen LogP contribution >= 0.6 is 11.8 Å². The predicted octanol–water partition coefficient (Wildman–Crippen LogP) is 2.63. The molecule has 0 spiro atoms. The average Bonchev–Trinajstić information content (AvgIpc) is 2.61. The molecule has 4 heteroatoms. The topological polar surface area (TPSA) is 43.8 Å². The molecule has 1 aromatic heterocycles. The lowest BCUT2D eigenvalue weighted by atomic mass is 10.1. The van der Waals surface area contributed by atoms with E-state index in [0.29, 0.717) is 0 Å². The van der Waals surface area contributed by atoms with E-state index in [1.165, 1.54) is 11.1 Å². The third-order valence-electron chi connectivity index (χ3n) is 3.19. The van der Waals surface area contributed by atoms with Crippen molar-refractivity contribution >= 4 is 22.8 Å². The Labute approximate surface area is 106 Å². The van der Waals surface area contributed by atoms with Crippen molar-refractivity contribution in [1.82, 2.24) is 9.55 Å². The van der Waals surface area contributed by atoms with Gasteiger partial charge >= 0.3 is 0 Å². The summed E-state index contributed by atoms with van der Waals surface area (Å²) in [5.74, 6) is 2.13. The van der Waals surface area contributed by atoms with Crippen LogP contribution in [0.4, 0.5) is 0 Å². The minimum absolute atomic E-state index is 0.120. The number of benzene rings is 1. The van der Waals surface area contributed by atoms with Gasteiger partial charge in [-0.3, -0.25) is 0 Å². The number of nitrogens with zero attached hydrogens (tertiary/aromatic N) is 2. The molecular weight excluding hydrogens is 230 g/mol. The van der Waals surface area contributed by atoms with E-state index in [-0.39, 0.29) is 6.04 Å². The van der Waals surface area contributed by atoms with Crippen molar-refractivity contribution in [2.24, 2.45) is 12.8 Å². The van der Waals surface area contributed by atoms with E-state index in [2.05, 4.69) is 34.0 Å². The Hall–Kier alpha value is -1.00. The molecule has 0 bridgehead atoms. The van der Waals surface area contributed by atoms with E-state index in [1.807, 2.05) is 25.7 Å². The van der Waals surface area contributed by atoms with Crippen LogP contribution in [0.2, 0.25) is 0 Å². The van der Waals surface area contributed by atoms with Gasteiger partial charge in [0.05, 0.1) is 11.0 Å². The van der Waals surface area contributed by atoms with E-state index in [9.17, 15) is 0 Å².